The molecule has 1 aliphatic heterocycles. The van der Waals surface area contributed by atoms with Crippen LogP contribution in [0.5, 0.6) is 5.75 Å². The van der Waals surface area contributed by atoms with Crippen molar-refractivity contribution in [3.05, 3.63) is 62.8 Å². The lowest BCUT2D eigenvalue weighted by Gasteiger charge is -2.46. The van der Waals surface area contributed by atoms with E-state index in [0.717, 1.165) is 13.3 Å². The Morgan fingerprint density at radius 3 is 2.31 bits per heavy atom. The van der Waals surface area contributed by atoms with Gasteiger partial charge in [0, 0.05) is 31.9 Å². The Morgan fingerprint density at radius 2 is 1.72 bits per heavy atom. The van der Waals surface area contributed by atoms with E-state index >= 15 is 0 Å². The Bertz CT molecular complexity index is 1260. The maximum Gasteiger partial charge on any atom is 0.406 e. The molecule has 0 saturated heterocycles. The molecule has 2 aromatic rings. The number of pyridine rings is 1. The molecule has 13 heteroatoms. The molecule has 7 nitrogen and oxygen atoms in total. The largest absolute Gasteiger partial charge is 0.491 e. The van der Waals surface area contributed by atoms with Crippen LogP contribution >= 0.6 is 0 Å². The molecule has 36 heavy (non-hydrogen) atoms. The Kier molecular flexibility index (Phi) is 6.76. The Morgan fingerprint density at radius 1 is 1.11 bits per heavy atom. The van der Waals surface area contributed by atoms with E-state index in [2.05, 4.69) is 5.32 Å². The van der Waals surface area contributed by atoms with Gasteiger partial charge in [-0.1, -0.05) is 12.8 Å². The molecule has 2 amide bonds. The average molecular weight is 519 g/mol. The second-order valence-corrected chi connectivity index (χ2v) is 8.66. The van der Waals surface area contributed by atoms with Crippen molar-refractivity contribution >= 4 is 11.8 Å². The van der Waals surface area contributed by atoms with Gasteiger partial charge in [-0.3, -0.25) is 14.4 Å². The lowest BCUT2D eigenvalue weighted by Crippen LogP contribution is -2.55. The number of ether oxygens (including phenoxy) is 1. The van der Waals surface area contributed by atoms with Gasteiger partial charge < -0.3 is 19.5 Å². The Labute approximate surface area is 202 Å². The predicted octanol–water partition coefficient (Wildman–Crippen LogP) is 3.95. The number of amides is 2. The molecule has 0 unspecified atom stereocenters. The van der Waals surface area contributed by atoms with Gasteiger partial charge in [-0.05, 0) is 12.8 Å². The van der Waals surface area contributed by atoms with E-state index in [0.29, 0.717) is 42.7 Å². The van der Waals surface area contributed by atoms with Crippen LogP contribution < -0.4 is 15.5 Å². The van der Waals surface area contributed by atoms with Crippen molar-refractivity contribution < 1.29 is 42.1 Å². The topological polar surface area (TPSA) is 80.6 Å². The number of nitrogens with zero attached hydrogens (tertiary/aromatic N) is 2. The summed E-state index contributed by atoms with van der Waals surface area (Å²) in [6.07, 6.45) is -1.68. The highest BCUT2D eigenvalue weighted by Crippen LogP contribution is 2.40. The van der Waals surface area contributed by atoms with Crippen molar-refractivity contribution in [1.29, 1.82) is 0 Å². The Balaban J connectivity index is 0.00000380. The number of methoxy groups -OCH3 is 1. The summed E-state index contributed by atoms with van der Waals surface area (Å²) in [5.74, 6) is -6.35. The third-order valence-corrected chi connectivity index (χ3v) is 6.44. The number of hydrogen-bond acceptors (Lipinski definition) is 4. The van der Waals surface area contributed by atoms with Crippen LogP contribution in [0.4, 0.5) is 26.3 Å². The zero-order valence-corrected chi connectivity index (χ0v) is 18.9. The van der Waals surface area contributed by atoms with E-state index < -0.39 is 88.6 Å². The van der Waals surface area contributed by atoms with Gasteiger partial charge in [0.2, 0.25) is 5.43 Å². The predicted molar refractivity (Wildman–Crippen MR) is 115 cm³/mol. The minimum absolute atomic E-state index is 0. The molecule has 1 saturated carbocycles. The van der Waals surface area contributed by atoms with Crippen molar-refractivity contribution in [3.63, 3.8) is 0 Å². The van der Waals surface area contributed by atoms with Crippen LogP contribution in [0.15, 0.2) is 23.1 Å². The number of carbonyl (C=O) groups excluding carboxylic acids is 2. The molecule has 1 N–H and O–H groups in total. The molecule has 1 fully saturated rings. The van der Waals surface area contributed by atoms with Gasteiger partial charge in [-0.25, -0.2) is 13.2 Å². The summed E-state index contributed by atoms with van der Waals surface area (Å²) < 4.78 is 87.2. The molecule has 2 atom stereocenters. The molecular weight excluding hydrogens is 496 g/mol. The molecule has 1 aromatic carbocycles. The highest BCUT2D eigenvalue weighted by Gasteiger charge is 2.47. The first-order chi connectivity index (χ1) is 16.9. The smallest absolute Gasteiger partial charge is 0.406 e. The normalized spacial score (nSPS) is 19.5. The highest BCUT2D eigenvalue weighted by atomic mass is 19.4. The number of aromatic nitrogens is 1. The minimum atomic E-state index is -4.67. The molecular formula is C23H23F6N3O4. The van der Waals surface area contributed by atoms with Crippen LogP contribution in [0.25, 0.3) is 0 Å². The fourth-order valence-electron chi connectivity index (χ4n) is 4.88. The summed E-state index contributed by atoms with van der Waals surface area (Å²) in [6, 6.07) is -0.598. The lowest BCUT2D eigenvalue weighted by molar-refractivity contribution is -0.148. The van der Waals surface area contributed by atoms with E-state index in [4.69, 9.17) is 4.74 Å². The van der Waals surface area contributed by atoms with E-state index in [1.807, 2.05) is 0 Å². The van der Waals surface area contributed by atoms with Crippen LogP contribution in [-0.4, -0.2) is 47.2 Å². The van der Waals surface area contributed by atoms with Crippen LogP contribution in [-0.2, 0) is 6.54 Å². The van der Waals surface area contributed by atoms with Crippen LogP contribution in [0.1, 0.15) is 59.6 Å². The quantitative estimate of drug-likeness (QED) is 0.607. The zero-order chi connectivity index (χ0) is 26.4. The number of halogens is 6. The molecule has 2 heterocycles. The highest BCUT2D eigenvalue weighted by molar-refractivity contribution is 5.99. The first kappa shape index (κ1) is 25.6. The zero-order valence-electron chi connectivity index (χ0n) is 18.9. The SMILES string of the molecule is COc1c2n(cc(C(=O)NCc3c(F)cc(F)cc3F)c1=O)[C@@H]1CCCC[C@H]1N(CC(F)(F)F)C2=O.[HH]. The molecule has 4 rings (SSSR count). The van der Waals surface area contributed by atoms with E-state index in [1.165, 1.54) is 4.57 Å². The summed E-state index contributed by atoms with van der Waals surface area (Å²) in [6.45, 7) is -2.22. The van der Waals surface area contributed by atoms with Gasteiger partial charge in [0.25, 0.3) is 11.8 Å². The standard InChI is InChI=1S/C23H21F6N3O4.H2/c1-36-20-18-22(35)32(10-23(27,28)29)17-5-3-2-4-16(17)31(18)9-13(19(20)33)21(34)30-8-12-14(25)6-11(24)7-15(12)26;/h6-7,9,16-17H,2-5,8,10H2,1H3,(H,30,34);1H/t16-,17-;/m1./s1. The molecule has 0 spiro atoms. The first-order valence-electron chi connectivity index (χ1n) is 11.1. The number of hydrogen-bond donors (Lipinski definition) is 1. The van der Waals surface area contributed by atoms with Crippen LogP contribution in [0, 0.1) is 17.5 Å². The van der Waals surface area contributed by atoms with Gasteiger partial charge in [-0.2, -0.15) is 13.2 Å². The fourth-order valence-corrected chi connectivity index (χ4v) is 4.88. The second kappa shape index (κ2) is 9.51. The number of carbonyl (C=O) groups is 2. The summed E-state index contributed by atoms with van der Waals surface area (Å²) in [5, 5.41) is 2.18. The summed E-state index contributed by atoms with van der Waals surface area (Å²) >= 11 is 0. The molecule has 0 bridgehead atoms. The average Bonchev–Trinajstić information content (AvgIpc) is 2.79. The lowest BCUT2D eigenvalue weighted by atomic mass is 9.86. The van der Waals surface area contributed by atoms with Crippen molar-refractivity contribution in [3.8, 4) is 5.75 Å². The van der Waals surface area contributed by atoms with Crippen molar-refractivity contribution in [2.45, 2.75) is 50.5 Å². The Hall–Kier alpha value is -3.51. The van der Waals surface area contributed by atoms with Gasteiger partial charge in [0.1, 0.15) is 29.6 Å². The third-order valence-electron chi connectivity index (χ3n) is 6.44. The number of nitrogens with one attached hydrogen (secondary N) is 1. The van der Waals surface area contributed by atoms with E-state index in [-0.39, 0.29) is 1.43 Å². The minimum Gasteiger partial charge on any atom is -0.491 e. The van der Waals surface area contributed by atoms with E-state index in [9.17, 15) is 40.7 Å². The van der Waals surface area contributed by atoms with Crippen molar-refractivity contribution in [2.75, 3.05) is 13.7 Å². The number of benzene rings is 1. The maximum absolute atomic E-state index is 13.9. The van der Waals surface area contributed by atoms with Gasteiger partial charge in [-0.15, -0.1) is 0 Å². The number of fused-ring (bicyclic) bond motifs is 3. The van der Waals surface area contributed by atoms with Gasteiger partial charge >= 0.3 is 6.18 Å². The van der Waals surface area contributed by atoms with Gasteiger partial charge in [0.05, 0.1) is 19.2 Å². The monoisotopic (exact) mass is 519 g/mol. The third kappa shape index (κ3) is 4.65. The van der Waals surface area contributed by atoms with Crippen LogP contribution in [0.2, 0.25) is 0 Å². The maximum atomic E-state index is 13.9. The molecule has 1 aliphatic carbocycles. The summed E-state index contributed by atoms with van der Waals surface area (Å²) in [4.78, 5) is 39.7. The molecule has 2 aliphatic rings. The van der Waals surface area contributed by atoms with Gasteiger partial charge in [0.15, 0.2) is 11.4 Å². The number of alkyl halides is 3. The summed E-state index contributed by atoms with van der Waals surface area (Å²) in [7, 11) is 1.04. The fraction of sp³-hybridized carbons (Fsp3) is 0.435. The van der Waals surface area contributed by atoms with Crippen LogP contribution in [0.3, 0.4) is 0 Å². The first-order valence-corrected chi connectivity index (χ1v) is 11.1. The van der Waals surface area contributed by atoms with Crippen molar-refractivity contribution in [2.24, 2.45) is 0 Å². The van der Waals surface area contributed by atoms with E-state index in [1.54, 1.807) is 0 Å². The summed E-state index contributed by atoms with van der Waals surface area (Å²) in [5.41, 5.74) is -2.64. The molecule has 1 aromatic heterocycles. The number of rotatable bonds is 5. The second-order valence-electron chi connectivity index (χ2n) is 8.66. The molecule has 0 radical (unpaired) electrons. The van der Waals surface area contributed by atoms with Crippen molar-refractivity contribution in [1.82, 2.24) is 14.8 Å². The molecule has 196 valence electrons.